The average Bonchev–Trinajstić information content (AvgIpc) is 2.72. The van der Waals surface area contributed by atoms with E-state index in [1.54, 1.807) is 0 Å². The molecule has 19 heavy (non-hydrogen) atoms. The van der Waals surface area contributed by atoms with Crippen molar-refractivity contribution in [2.24, 2.45) is 5.92 Å². The Labute approximate surface area is 117 Å². The number of nitrogens with zero attached hydrogens (tertiary/aromatic N) is 2. The molecular weight excluding hydrogens is 234 g/mol. The summed E-state index contributed by atoms with van der Waals surface area (Å²) in [4.78, 5) is 4.64. The molecule has 3 nitrogen and oxygen atoms in total. The maximum absolute atomic E-state index is 4.64. The molecule has 2 rings (SSSR count). The summed E-state index contributed by atoms with van der Waals surface area (Å²) in [6.07, 6.45) is 7.06. The van der Waals surface area contributed by atoms with Gasteiger partial charge in [0.15, 0.2) is 0 Å². The van der Waals surface area contributed by atoms with Gasteiger partial charge in [0.2, 0.25) is 0 Å². The molecule has 0 radical (unpaired) electrons. The van der Waals surface area contributed by atoms with E-state index in [4.69, 9.17) is 0 Å². The minimum atomic E-state index is 0.174. The first-order chi connectivity index (χ1) is 8.88. The molecule has 0 saturated heterocycles. The first kappa shape index (κ1) is 14.6. The van der Waals surface area contributed by atoms with Crippen molar-refractivity contribution in [2.45, 2.75) is 71.9 Å². The minimum absolute atomic E-state index is 0.174. The van der Waals surface area contributed by atoms with Crippen LogP contribution in [-0.4, -0.2) is 21.6 Å². The van der Waals surface area contributed by atoms with Gasteiger partial charge in [-0.2, -0.15) is 0 Å². The second-order valence-corrected chi connectivity index (χ2v) is 7.19. The Kier molecular flexibility index (Phi) is 4.34. The summed E-state index contributed by atoms with van der Waals surface area (Å²) in [5.74, 6) is 0.620. The Balaban J connectivity index is 2.17. The van der Waals surface area contributed by atoms with E-state index in [9.17, 15) is 0 Å². The first-order valence-electron chi connectivity index (χ1n) is 7.68. The molecule has 0 aliphatic heterocycles. The molecule has 3 heteroatoms. The van der Waals surface area contributed by atoms with Crippen molar-refractivity contribution < 1.29 is 0 Å². The van der Waals surface area contributed by atoms with Gasteiger partial charge >= 0.3 is 0 Å². The number of aryl methyl sites for hydroxylation is 1. The molecule has 1 N–H and O–H groups in total. The number of rotatable bonds is 4. The van der Waals surface area contributed by atoms with E-state index in [1.165, 1.54) is 37.1 Å². The van der Waals surface area contributed by atoms with Crippen molar-refractivity contribution in [3.05, 3.63) is 17.7 Å². The zero-order chi connectivity index (χ0) is 14.0. The number of nitrogens with one attached hydrogen (secondary N) is 1. The SMILES string of the molecule is CC(C)C(CNC(C)(C)C)n1cnc2c1CCCC2. The summed E-state index contributed by atoms with van der Waals surface area (Å²) < 4.78 is 2.44. The van der Waals surface area contributed by atoms with Gasteiger partial charge < -0.3 is 9.88 Å². The van der Waals surface area contributed by atoms with E-state index in [0.717, 1.165) is 6.54 Å². The van der Waals surface area contributed by atoms with Crippen LogP contribution in [0.3, 0.4) is 0 Å². The van der Waals surface area contributed by atoms with Gasteiger partial charge in [-0.3, -0.25) is 0 Å². The zero-order valence-electron chi connectivity index (χ0n) is 13.2. The Hall–Kier alpha value is -0.830. The smallest absolute Gasteiger partial charge is 0.0954 e. The Bertz CT molecular complexity index is 412. The van der Waals surface area contributed by atoms with Gasteiger partial charge in [-0.05, 0) is 52.4 Å². The summed E-state index contributed by atoms with van der Waals surface area (Å²) in [5, 5.41) is 3.65. The van der Waals surface area contributed by atoms with Gasteiger partial charge in [0.25, 0.3) is 0 Å². The molecule has 0 aromatic carbocycles. The predicted molar refractivity (Wildman–Crippen MR) is 80.5 cm³/mol. The van der Waals surface area contributed by atoms with Crippen molar-refractivity contribution in [3.8, 4) is 0 Å². The lowest BCUT2D eigenvalue weighted by molar-refractivity contribution is 0.305. The lowest BCUT2D eigenvalue weighted by Crippen LogP contribution is -2.41. The number of fused-ring (bicyclic) bond motifs is 1. The van der Waals surface area contributed by atoms with Gasteiger partial charge in [-0.1, -0.05) is 13.8 Å². The van der Waals surface area contributed by atoms with Crippen LogP contribution in [0.2, 0.25) is 0 Å². The second kappa shape index (κ2) is 5.66. The lowest BCUT2D eigenvalue weighted by atomic mass is 9.98. The van der Waals surface area contributed by atoms with Crippen LogP contribution in [0, 0.1) is 5.92 Å². The third-order valence-corrected chi connectivity index (χ3v) is 4.03. The van der Waals surface area contributed by atoms with E-state index in [0.29, 0.717) is 12.0 Å². The Morgan fingerprint density at radius 3 is 2.58 bits per heavy atom. The van der Waals surface area contributed by atoms with E-state index in [1.807, 2.05) is 0 Å². The molecule has 0 spiro atoms. The molecule has 0 bridgehead atoms. The number of aromatic nitrogens is 2. The average molecular weight is 263 g/mol. The third kappa shape index (κ3) is 3.59. The van der Waals surface area contributed by atoms with Gasteiger partial charge in [-0.25, -0.2) is 4.98 Å². The van der Waals surface area contributed by atoms with Crippen molar-refractivity contribution in [1.29, 1.82) is 0 Å². The van der Waals surface area contributed by atoms with Crippen LogP contribution < -0.4 is 5.32 Å². The van der Waals surface area contributed by atoms with E-state index < -0.39 is 0 Å². The monoisotopic (exact) mass is 263 g/mol. The summed E-state index contributed by atoms with van der Waals surface area (Å²) in [6, 6.07) is 0.508. The highest BCUT2D eigenvalue weighted by molar-refractivity contribution is 5.17. The Morgan fingerprint density at radius 1 is 1.26 bits per heavy atom. The van der Waals surface area contributed by atoms with Crippen molar-refractivity contribution >= 4 is 0 Å². The fraction of sp³-hybridized carbons (Fsp3) is 0.812. The summed E-state index contributed by atoms with van der Waals surface area (Å²) in [7, 11) is 0. The van der Waals surface area contributed by atoms with Crippen molar-refractivity contribution in [1.82, 2.24) is 14.9 Å². The van der Waals surface area contributed by atoms with E-state index >= 15 is 0 Å². The van der Waals surface area contributed by atoms with Crippen LogP contribution in [-0.2, 0) is 12.8 Å². The highest BCUT2D eigenvalue weighted by Crippen LogP contribution is 2.26. The largest absolute Gasteiger partial charge is 0.330 e. The van der Waals surface area contributed by atoms with Crippen LogP contribution in [0.5, 0.6) is 0 Å². The normalized spacial score (nSPS) is 17.6. The molecule has 1 aliphatic carbocycles. The van der Waals surface area contributed by atoms with Gasteiger partial charge in [0, 0.05) is 23.8 Å². The molecule has 108 valence electrons. The quantitative estimate of drug-likeness (QED) is 0.903. The fourth-order valence-corrected chi connectivity index (χ4v) is 2.84. The fourth-order valence-electron chi connectivity index (χ4n) is 2.84. The summed E-state index contributed by atoms with van der Waals surface area (Å²) in [5.41, 5.74) is 3.00. The van der Waals surface area contributed by atoms with Crippen LogP contribution in [0.25, 0.3) is 0 Å². The van der Waals surface area contributed by atoms with Crippen LogP contribution in [0.4, 0.5) is 0 Å². The molecule has 1 heterocycles. The highest BCUT2D eigenvalue weighted by Gasteiger charge is 2.23. The molecule has 0 amide bonds. The van der Waals surface area contributed by atoms with Crippen LogP contribution in [0.1, 0.15) is 64.9 Å². The highest BCUT2D eigenvalue weighted by atomic mass is 15.1. The molecular formula is C16H29N3. The third-order valence-electron chi connectivity index (χ3n) is 4.03. The first-order valence-corrected chi connectivity index (χ1v) is 7.68. The number of hydrogen-bond acceptors (Lipinski definition) is 2. The molecule has 1 aromatic heterocycles. The standard InChI is InChI=1S/C16H29N3/c1-12(2)15(10-18-16(3,4)5)19-11-17-13-8-6-7-9-14(13)19/h11-12,15,18H,6-10H2,1-5H3. The van der Waals surface area contributed by atoms with Gasteiger partial charge in [-0.15, -0.1) is 0 Å². The van der Waals surface area contributed by atoms with Crippen LogP contribution >= 0.6 is 0 Å². The Morgan fingerprint density at radius 2 is 1.95 bits per heavy atom. The molecule has 0 fully saturated rings. The molecule has 0 saturated carbocycles. The van der Waals surface area contributed by atoms with E-state index in [-0.39, 0.29) is 5.54 Å². The van der Waals surface area contributed by atoms with E-state index in [2.05, 4.69) is 55.8 Å². The predicted octanol–water partition coefficient (Wildman–Crippen LogP) is 3.35. The summed E-state index contributed by atoms with van der Waals surface area (Å²) >= 11 is 0. The van der Waals surface area contributed by atoms with Gasteiger partial charge in [0.05, 0.1) is 12.0 Å². The molecule has 1 unspecified atom stereocenters. The maximum atomic E-state index is 4.64. The number of imidazole rings is 1. The summed E-state index contributed by atoms with van der Waals surface area (Å²) in [6.45, 7) is 12.3. The lowest BCUT2D eigenvalue weighted by Gasteiger charge is -2.30. The number of hydrogen-bond donors (Lipinski definition) is 1. The van der Waals surface area contributed by atoms with Crippen molar-refractivity contribution in [2.75, 3.05) is 6.54 Å². The zero-order valence-corrected chi connectivity index (χ0v) is 13.2. The van der Waals surface area contributed by atoms with Crippen LogP contribution in [0.15, 0.2) is 6.33 Å². The minimum Gasteiger partial charge on any atom is -0.330 e. The second-order valence-electron chi connectivity index (χ2n) is 7.19. The molecule has 1 aliphatic rings. The van der Waals surface area contributed by atoms with Crippen molar-refractivity contribution in [3.63, 3.8) is 0 Å². The van der Waals surface area contributed by atoms with Gasteiger partial charge in [0.1, 0.15) is 0 Å². The molecule has 1 atom stereocenters. The topological polar surface area (TPSA) is 29.9 Å². The maximum Gasteiger partial charge on any atom is 0.0954 e. The molecule has 1 aromatic rings.